The normalized spacial score (nSPS) is 30.9. The van der Waals surface area contributed by atoms with Gasteiger partial charge in [-0.2, -0.15) is 0 Å². The Labute approximate surface area is 185 Å². The minimum absolute atomic E-state index is 0. The van der Waals surface area contributed by atoms with E-state index in [-0.39, 0.29) is 104 Å². The van der Waals surface area contributed by atoms with Crippen molar-refractivity contribution in [2.45, 2.75) is 44.6 Å². The van der Waals surface area contributed by atoms with E-state index in [0.717, 1.165) is 0 Å². The predicted molar refractivity (Wildman–Crippen MR) is 58.5 cm³/mol. The van der Waals surface area contributed by atoms with Gasteiger partial charge < -0.3 is 15.3 Å². The van der Waals surface area contributed by atoms with Gasteiger partial charge in [-0.3, -0.25) is 4.90 Å². The van der Waals surface area contributed by atoms with Crippen molar-refractivity contribution in [2.24, 2.45) is 0 Å². The Kier molecular flexibility index (Phi) is 16.4. The molecule has 0 spiro atoms. The number of rotatable bonds is 0. The quantitative estimate of drug-likeness (QED) is 0.417. The molecule has 0 aromatic heterocycles. The van der Waals surface area contributed by atoms with Gasteiger partial charge in [-0.1, -0.05) is 12.2 Å². The monoisotopic (exact) mass is 482 g/mol. The molecule has 4 nitrogen and oxygen atoms in total. The molecule has 0 saturated heterocycles. The third-order valence-corrected chi connectivity index (χ3v) is 2.76. The molecule has 3 radical (unpaired) electrons. The van der Waals surface area contributed by atoms with Crippen molar-refractivity contribution < 1.29 is 113 Å². The number of hydrogen-bond acceptors (Lipinski definition) is 4. The summed E-state index contributed by atoms with van der Waals surface area (Å²) in [5.74, 6) is 0. The van der Waals surface area contributed by atoms with Crippen LogP contribution >= 0.6 is 0 Å². The van der Waals surface area contributed by atoms with Gasteiger partial charge in [-0.15, -0.1) is 0 Å². The second kappa shape index (κ2) is 11.5. The molecular formula is C11H21NO3Y3. The fraction of sp³-hybridized carbons (Fsp3) is 0.818. The Morgan fingerprint density at radius 2 is 1.56 bits per heavy atom. The second-order valence-electron chi connectivity index (χ2n) is 5.05. The van der Waals surface area contributed by atoms with E-state index in [2.05, 4.69) is 25.7 Å². The Morgan fingerprint density at radius 3 is 2.00 bits per heavy atom. The van der Waals surface area contributed by atoms with Gasteiger partial charge in [0.15, 0.2) is 0 Å². The van der Waals surface area contributed by atoms with E-state index in [4.69, 9.17) is 0 Å². The summed E-state index contributed by atoms with van der Waals surface area (Å²) in [5.41, 5.74) is -0.0622. The number of aliphatic hydroxyl groups is 3. The molecule has 0 amide bonds. The smallest absolute Gasteiger partial charge is 0.111 e. The van der Waals surface area contributed by atoms with Crippen LogP contribution in [0.4, 0.5) is 0 Å². The average molecular weight is 482 g/mol. The summed E-state index contributed by atoms with van der Waals surface area (Å²) < 4.78 is 0. The molecule has 0 aromatic rings. The van der Waals surface area contributed by atoms with Crippen LogP contribution in [0, 0.1) is 0 Å². The SMILES string of the molecule is CC(C)(C)N1C/C=C\[C@@H](O)[C@H](O)[C@@H](O)C1.[Y].[Y].[Y]. The molecule has 0 aromatic carbocycles. The first-order valence-corrected chi connectivity index (χ1v) is 5.28. The molecule has 1 heterocycles. The molecule has 0 bridgehead atoms. The van der Waals surface area contributed by atoms with Crippen molar-refractivity contribution in [3.8, 4) is 0 Å². The van der Waals surface area contributed by atoms with Crippen LogP contribution < -0.4 is 0 Å². The van der Waals surface area contributed by atoms with Crippen LogP contribution in [0.3, 0.4) is 0 Å². The van der Waals surface area contributed by atoms with Crippen LogP contribution in [-0.4, -0.2) is 57.2 Å². The fourth-order valence-corrected chi connectivity index (χ4v) is 1.63. The van der Waals surface area contributed by atoms with Crippen LogP contribution in [0.25, 0.3) is 0 Å². The van der Waals surface area contributed by atoms with Crippen molar-refractivity contribution in [1.82, 2.24) is 4.90 Å². The van der Waals surface area contributed by atoms with Crippen LogP contribution in [0.15, 0.2) is 12.2 Å². The number of β-amino-alcohol motifs (C(OH)–C–C–N with tert-alkyl or cyclic N) is 1. The molecule has 0 saturated carbocycles. The first-order valence-electron chi connectivity index (χ1n) is 5.28. The maximum atomic E-state index is 9.70. The zero-order valence-electron chi connectivity index (χ0n) is 11.3. The van der Waals surface area contributed by atoms with E-state index in [1.165, 1.54) is 6.08 Å². The van der Waals surface area contributed by atoms with E-state index in [1.807, 2.05) is 6.08 Å². The van der Waals surface area contributed by atoms with Crippen molar-refractivity contribution in [3.63, 3.8) is 0 Å². The summed E-state index contributed by atoms with van der Waals surface area (Å²) in [7, 11) is 0. The van der Waals surface area contributed by atoms with E-state index in [0.29, 0.717) is 13.1 Å². The molecule has 3 N–H and O–H groups in total. The van der Waals surface area contributed by atoms with Crippen LogP contribution in [0.5, 0.6) is 0 Å². The zero-order chi connectivity index (χ0) is 11.6. The van der Waals surface area contributed by atoms with Crippen molar-refractivity contribution in [2.75, 3.05) is 13.1 Å². The average Bonchev–Trinajstić information content (AvgIpc) is 2.11. The minimum Gasteiger partial charge on any atom is -0.389 e. The number of hydrogen-bond donors (Lipinski definition) is 3. The molecule has 1 aliphatic rings. The van der Waals surface area contributed by atoms with Crippen molar-refractivity contribution in [1.29, 1.82) is 0 Å². The van der Waals surface area contributed by atoms with Crippen molar-refractivity contribution >= 4 is 0 Å². The van der Waals surface area contributed by atoms with E-state index < -0.39 is 18.3 Å². The van der Waals surface area contributed by atoms with Gasteiger partial charge in [0.1, 0.15) is 12.2 Å². The van der Waals surface area contributed by atoms with E-state index >= 15 is 0 Å². The molecule has 0 unspecified atom stereocenters. The molecule has 18 heavy (non-hydrogen) atoms. The summed E-state index contributed by atoms with van der Waals surface area (Å²) in [6, 6.07) is 0. The van der Waals surface area contributed by atoms with Crippen LogP contribution in [-0.2, 0) is 98.1 Å². The molecule has 7 heteroatoms. The Bertz CT molecular complexity index is 246. The number of aliphatic hydroxyl groups excluding tert-OH is 3. The Hall–Kier alpha value is 2.89. The van der Waals surface area contributed by atoms with Crippen LogP contribution in [0.2, 0.25) is 0 Å². The molecule has 0 aliphatic carbocycles. The maximum absolute atomic E-state index is 9.70. The summed E-state index contributed by atoms with van der Waals surface area (Å²) in [6.45, 7) is 7.20. The van der Waals surface area contributed by atoms with Gasteiger partial charge in [-0.05, 0) is 20.8 Å². The summed E-state index contributed by atoms with van der Waals surface area (Å²) in [4.78, 5) is 2.06. The molecule has 0 fully saturated rings. The predicted octanol–water partition coefficient (Wildman–Crippen LogP) is -0.268. The van der Waals surface area contributed by atoms with E-state index in [1.54, 1.807) is 0 Å². The molecule has 97 valence electrons. The molecule has 1 aliphatic heterocycles. The van der Waals surface area contributed by atoms with Gasteiger partial charge in [0.05, 0.1) is 6.10 Å². The third kappa shape index (κ3) is 8.36. The van der Waals surface area contributed by atoms with Gasteiger partial charge >= 0.3 is 0 Å². The standard InChI is InChI=1S/C11H21NO3.3Y/c1-11(2,3)12-6-4-5-8(13)10(15)9(14)7-12;;;/h4-5,8-10,13-15H,6-7H2,1-3H3;;;/b5-4-;;;/t8-,9+,10+;;;/m1.../s1. The Balaban J connectivity index is -0.000000750. The van der Waals surface area contributed by atoms with Crippen molar-refractivity contribution in [3.05, 3.63) is 12.2 Å². The van der Waals surface area contributed by atoms with E-state index in [9.17, 15) is 15.3 Å². The second-order valence-corrected chi connectivity index (χ2v) is 5.05. The Morgan fingerprint density at radius 1 is 1.06 bits per heavy atom. The van der Waals surface area contributed by atoms with Gasteiger partial charge in [0.2, 0.25) is 0 Å². The first kappa shape index (κ1) is 25.8. The largest absolute Gasteiger partial charge is 0.389 e. The van der Waals surface area contributed by atoms with Crippen LogP contribution in [0.1, 0.15) is 20.8 Å². The minimum atomic E-state index is -1.11. The summed E-state index contributed by atoms with van der Waals surface area (Å²) >= 11 is 0. The fourth-order valence-electron chi connectivity index (χ4n) is 1.63. The maximum Gasteiger partial charge on any atom is 0.111 e. The summed E-state index contributed by atoms with van der Waals surface area (Å²) in [6.07, 6.45) is 0.370. The zero-order valence-corrected chi connectivity index (χ0v) is 19.8. The van der Waals surface area contributed by atoms with Gasteiger partial charge in [-0.25, -0.2) is 0 Å². The molecular weight excluding hydrogens is 461 g/mol. The van der Waals surface area contributed by atoms with Gasteiger partial charge in [0, 0.05) is 117 Å². The first-order chi connectivity index (χ1) is 6.82. The van der Waals surface area contributed by atoms with Gasteiger partial charge in [0.25, 0.3) is 0 Å². The molecule has 3 atom stereocenters. The third-order valence-electron chi connectivity index (χ3n) is 2.76. The number of nitrogens with zero attached hydrogens (tertiary/aromatic N) is 1. The topological polar surface area (TPSA) is 63.9 Å². The molecule has 1 rings (SSSR count). The summed E-state index contributed by atoms with van der Waals surface area (Å²) in [5, 5.41) is 28.7.